The average Bonchev–Trinajstić information content (AvgIpc) is 2.40. The molecule has 0 spiro atoms. The van der Waals surface area contributed by atoms with E-state index < -0.39 is 18.1 Å². The van der Waals surface area contributed by atoms with Gasteiger partial charge >= 0.3 is 5.97 Å². The van der Waals surface area contributed by atoms with Crippen LogP contribution in [0.25, 0.3) is 0 Å². The van der Waals surface area contributed by atoms with E-state index in [1.165, 1.54) is 0 Å². The maximum Gasteiger partial charge on any atom is 0.326 e. The standard InChI is InChI=1S/C15H32N4O3/c1-19(2,3)11-7-5-9-13(15(21)22)18-14(20)12(17)8-4-6-10-16/h12-13H,4-11,16-17H2,1-3H3,(H-,18,20,21,22)/p+2. The average molecular weight is 318 g/mol. The Balaban J connectivity index is 4.17. The van der Waals surface area contributed by atoms with Crippen LogP contribution in [0.3, 0.4) is 0 Å². The number of nitrogens with two attached hydrogens (primary N) is 1. The van der Waals surface area contributed by atoms with Crippen molar-refractivity contribution in [1.29, 1.82) is 0 Å². The second kappa shape index (κ2) is 10.5. The van der Waals surface area contributed by atoms with Crippen molar-refractivity contribution in [2.24, 2.45) is 5.73 Å². The second-order valence-corrected chi connectivity index (χ2v) is 6.86. The largest absolute Gasteiger partial charge is 0.480 e. The number of nitrogens with one attached hydrogen (secondary N) is 1. The first-order valence-corrected chi connectivity index (χ1v) is 8.06. The molecule has 0 saturated heterocycles. The number of hydrogen-bond donors (Lipinski definition) is 4. The molecule has 130 valence electrons. The van der Waals surface area contributed by atoms with Crippen molar-refractivity contribution >= 4 is 11.9 Å². The van der Waals surface area contributed by atoms with Crippen LogP contribution in [0.2, 0.25) is 0 Å². The van der Waals surface area contributed by atoms with Crippen LogP contribution in [-0.2, 0) is 9.59 Å². The third-order valence-electron chi connectivity index (χ3n) is 3.54. The number of carboxylic acids is 1. The highest BCUT2D eigenvalue weighted by molar-refractivity contribution is 5.86. The zero-order chi connectivity index (χ0) is 17.2. The molecular formula is C15H34N4O3+2. The molecule has 0 saturated carbocycles. The number of nitrogens with zero attached hydrogens (tertiary/aromatic N) is 1. The van der Waals surface area contributed by atoms with Gasteiger partial charge < -0.3 is 26.4 Å². The Morgan fingerprint density at radius 3 is 2.23 bits per heavy atom. The molecule has 0 heterocycles. The van der Waals surface area contributed by atoms with Gasteiger partial charge in [0.1, 0.15) is 6.04 Å². The second-order valence-electron chi connectivity index (χ2n) is 6.86. The van der Waals surface area contributed by atoms with Crippen LogP contribution in [0.4, 0.5) is 0 Å². The molecule has 0 aliphatic rings. The lowest BCUT2D eigenvalue weighted by Crippen LogP contribution is -2.50. The number of carbonyl (C=O) groups excluding carboxylic acids is 1. The van der Waals surface area contributed by atoms with Crippen LogP contribution in [0.1, 0.15) is 38.5 Å². The minimum Gasteiger partial charge on any atom is -0.480 e. The highest BCUT2D eigenvalue weighted by atomic mass is 16.4. The number of rotatable bonds is 12. The number of carboxylic acid groups (broad SMARTS) is 1. The van der Waals surface area contributed by atoms with Crippen molar-refractivity contribution in [3.8, 4) is 0 Å². The zero-order valence-electron chi connectivity index (χ0n) is 14.3. The molecule has 0 aromatic rings. The minimum atomic E-state index is -0.997. The van der Waals surface area contributed by atoms with E-state index in [2.05, 4.69) is 32.2 Å². The molecule has 0 aromatic heterocycles. The van der Waals surface area contributed by atoms with Gasteiger partial charge in [0.05, 0.1) is 40.3 Å². The summed E-state index contributed by atoms with van der Waals surface area (Å²) in [4.78, 5) is 23.2. The molecule has 7 heteroatoms. The first-order valence-electron chi connectivity index (χ1n) is 8.06. The van der Waals surface area contributed by atoms with Crippen LogP contribution >= 0.6 is 0 Å². The van der Waals surface area contributed by atoms with Gasteiger partial charge in [0.15, 0.2) is 0 Å². The van der Waals surface area contributed by atoms with Gasteiger partial charge in [0, 0.05) is 0 Å². The summed E-state index contributed by atoms with van der Waals surface area (Å²) in [5, 5.41) is 11.8. The molecule has 22 heavy (non-hydrogen) atoms. The van der Waals surface area contributed by atoms with Crippen LogP contribution in [0, 0.1) is 0 Å². The molecule has 0 aromatic carbocycles. The molecular weight excluding hydrogens is 284 g/mol. The van der Waals surface area contributed by atoms with Crippen molar-refractivity contribution in [2.45, 2.75) is 50.6 Å². The summed E-state index contributed by atoms with van der Waals surface area (Å²) < 4.78 is 0.848. The van der Waals surface area contributed by atoms with Gasteiger partial charge in [0.25, 0.3) is 0 Å². The Kier molecular flexibility index (Phi) is 9.97. The fraction of sp³-hybridized carbons (Fsp3) is 0.867. The van der Waals surface area contributed by atoms with E-state index in [4.69, 9.17) is 5.73 Å². The Hall–Kier alpha value is -1.18. The first kappa shape index (κ1) is 20.8. The van der Waals surface area contributed by atoms with E-state index in [0.29, 0.717) is 12.8 Å². The summed E-state index contributed by atoms with van der Waals surface area (Å²) in [6, 6.07) is -1.49. The summed E-state index contributed by atoms with van der Waals surface area (Å²) >= 11 is 0. The van der Waals surface area contributed by atoms with Gasteiger partial charge in [-0.3, -0.25) is 4.79 Å². The number of quaternary nitrogens is 2. The van der Waals surface area contributed by atoms with Gasteiger partial charge in [-0.15, -0.1) is 0 Å². The van der Waals surface area contributed by atoms with Gasteiger partial charge in [-0.25, -0.2) is 4.79 Å². The Morgan fingerprint density at radius 2 is 1.73 bits per heavy atom. The third kappa shape index (κ3) is 10.5. The van der Waals surface area contributed by atoms with Gasteiger partial charge in [0.2, 0.25) is 5.91 Å². The molecule has 0 aliphatic heterocycles. The molecule has 7 nitrogen and oxygen atoms in total. The topological polar surface area (TPSA) is 120 Å². The van der Waals surface area contributed by atoms with Crippen molar-refractivity contribution in [1.82, 2.24) is 5.32 Å². The lowest BCUT2D eigenvalue weighted by Gasteiger charge is -2.24. The predicted octanol–water partition coefficient (Wildman–Crippen LogP) is -0.828. The summed E-state index contributed by atoms with van der Waals surface area (Å²) in [6.07, 6.45) is 4.46. The van der Waals surface area contributed by atoms with Gasteiger partial charge in [-0.2, -0.15) is 0 Å². The van der Waals surface area contributed by atoms with E-state index in [9.17, 15) is 14.7 Å². The normalized spacial score (nSPS) is 14.4. The van der Waals surface area contributed by atoms with Gasteiger partial charge in [-0.05, 0) is 38.5 Å². The highest BCUT2D eigenvalue weighted by Gasteiger charge is 2.23. The van der Waals surface area contributed by atoms with Gasteiger partial charge in [-0.1, -0.05) is 0 Å². The molecule has 0 rings (SSSR count). The summed E-state index contributed by atoms with van der Waals surface area (Å²) in [7, 11) is 6.30. The van der Waals surface area contributed by atoms with E-state index >= 15 is 0 Å². The van der Waals surface area contributed by atoms with Crippen LogP contribution in [-0.4, -0.2) is 67.8 Å². The predicted molar refractivity (Wildman–Crippen MR) is 85.9 cm³/mol. The minimum absolute atomic E-state index is 0.372. The van der Waals surface area contributed by atoms with Crippen molar-refractivity contribution in [3.63, 3.8) is 0 Å². The molecule has 0 radical (unpaired) electrons. The van der Waals surface area contributed by atoms with E-state index in [1.807, 2.05) is 0 Å². The zero-order valence-corrected chi connectivity index (χ0v) is 14.3. The lowest BCUT2D eigenvalue weighted by molar-refractivity contribution is -0.870. The highest BCUT2D eigenvalue weighted by Crippen LogP contribution is 2.06. The number of carbonyl (C=O) groups is 2. The van der Waals surface area contributed by atoms with Crippen molar-refractivity contribution in [3.05, 3.63) is 0 Å². The molecule has 2 atom stereocenters. The Morgan fingerprint density at radius 1 is 1.14 bits per heavy atom. The number of hydrogen-bond acceptors (Lipinski definition) is 3. The molecule has 7 N–H and O–H groups in total. The number of aliphatic carboxylic acids is 1. The third-order valence-corrected chi connectivity index (χ3v) is 3.54. The molecule has 2 unspecified atom stereocenters. The molecule has 1 amide bonds. The smallest absolute Gasteiger partial charge is 0.326 e. The van der Waals surface area contributed by atoms with E-state index in [0.717, 1.165) is 43.3 Å². The molecule has 0 fully saturated rings. The first-order chi connectivity index (χ1) is 10.2. The lowest BCUT2D eigenvalue weighted by atomic mass is 10.1. The molecule has 0 bridgehead atoms. The summed E-state index contributed by atoms with van der Waals surface area (Å²) in [5.41, 5.74) is 9.53. The monoisotopic (exact) mass is 318 g/mol. The maximum atomic E-state index is 11.9. The SMILES string of the molecule is C[N+](C)(C)CCCCC(NC(=O)C(N)CCCC[NH3+])C(=O)O. The van der Waals surface area contributed by atoms with Crippen LogP contribution < -0.4 is 16.8 Å². The number of amides is 1. The Bertz CT molecular complexity index is 342. The van der Waals surface area contributed by atoms with Crippen molar-refractivity contribution in [2.75, 3.05) is 34.2 Å². The van der Waals surface area contributed by atoms with Crippen LogP contribution in [0.15, 0.2) is 0 Å². The van der Waals surface area contributed by atoms with Crippen molar-refractivity contribution < 1.29 is 24.9 Å². The van der Waals surface area contributed by atoms with Crippen LogP contribution in [0.5, 0.6) is 0 Å². The quantitative estimate of drug-likeness (QED) is 0.277. The summed E-state index contributed by atoms with van der Waals surface area (Å²) in [5.74, 6) is -1.37. The summed E-state index contributed by atoms with van der Waals surface area (Å²) in [6.45, 7) is 1.79. The maximum absolute atomic E-state index is 11.9. The fourth-order valence-electron chi connectivity index (χ4n) is 2.14. The number of unbranched alkanes of at least 4 members (excludes halogenated alkanes) is 2. The van der Waals surface area contributed by atoms with E-state index in [-0.39, 0.29) is 5.91 Å². The fourth-order valence-corrected chi connectivity index (χ4v) is 2.14. The van der Waals surface area contributed by atoms with E-state index in [1.54, 1.807) is 0 Å². The molecule has 0 aliphatic carbocycles. The Labute approximate surface area is 133 Å².